The number of nitrogens with zero attached hydrogens (tertiary/aromatic N) is 1. The van der Waals surface area contributed by atoms with Crippen LogP contribution in [0.25, 0.3) is 5.69 Å². The number of rotatable bonds is 5. The van der Waals surface area contributed by atoms with E-state index < -0.39 is 5.56 Å². The quantitative estimate of drug-likeness (QED) is 0.861. The molecular formula is C16H17FN2O2S. The van der Waals surface area contributed by atoms with E-state index in [1.165, 1.54) is 28.8 Å². The van der Waals surface area contributed by atoms with Gasteiger partial charge in [0.1, 0.15) is 11.4 Å². The van der Waals surface area contributed by atoms with Crippen molar-refractivity contribution in [2.75, 3.05) is 18.6 Å². The minimum Gasteiger partial charge on any atom is -0.351 e. The summed E-state index contributed by atoms with van der Waals surface area (Å²) in [5.41, 5.74) is 0.843. The number of pyridine rings is 1. The number of carbonyl (C=O) groups is 1. The van der Waals surface area contributed by atoms with Gasteiger partial charge in [0.05, 0.1) is 0 Å². The summed E-state index contributed by atoms with van der Waals surface area (Å²) in [4.78, 5) is 24.8. The lowest BCUT2D eigenvalue weighted by Gasteiger charge is -2.11. The standard InChI is InChI=1S/C16H17FN2O2S/c1-11-7-9-19(13-5-3-12(17)4-6-13)16(21)14(11)15(20)18-8-10-22-2/h3-7,9H,8,10H2,1-2H3,(H,18,20). The van der Waals surface area contributed by atoms with Crippen molar-refractivity contribution in [3.8, 4) is 5.69 Å². The zero-order valence-corrected chi connectivity index (χ0v) is 13.2. The topological polar surface area (TPSA) is 51.1 Å². The van der Waals surface area contributed by atoms with Gasteiger partial charge >= 0.3 is 0 Å². The lowest BCUT2D eigenvalue weighted by Crippen LogP contribution is -2.34. The van der Waals surface area contributed by atoms with Crippen LogP contribution in [0.1, 0.15) is 15.9 Å². The molecule has 1 aromatic carbocycles. The predicted molar refractivity (Wildman–Crippen MR) is 87.4 cm³/mol. The van der Waals surface area contributed by atoms with Crippen molar-refractivity contribution in [3.63, 3.8) is 0 Å². The molecule has 0 unspecified atom stereocenters. The van der Waals surface area contributed by atoms with Gasteiger partial charge in [0.2, 0.25) is 0 Å². The second kappa shape index (κ2) is 7.26. The van der Waals surface area contributed by atoms with Crippen molar-refractivity contribution in [2.24, 2.45) is 0 Å². The highest BCUT2D eigenvalue weighted by molar-refractivity contribution is 7.98. The zero-order chi connectivity index (χ0) is 16.1. The molecule has 0 aliphatic carbocycles. The maximum absolute atomic E-state index is 13.0. The summed E-state index contributed by atoms with van der Waals surface area (Å²) in [5, 5.41) is 2.74. The normalized spacial score (nSPS) is 10.5. The zero-order valence-electron chi connectivity index (χ0n) is 12.4. The van der Waals surface area contributed by atoms with Gasteiger partial charge in [-0.05, 0) is 49.1 Å². The van der Waals surface area contributed by atoms with Crippen molar-refractivity contribution in [3.05, 3.63) is 63.8 Å². The number of nitrogens with one attached hydrogen (secondary N) is 1. The number of halogens is 1. The lowest BCUT2D eigenvalue weighted by atomic mass is 10.1. The number of amides is 1. The highest BCUT2D eigenvalue weighted by atomic mass is 32.2. The average Bonchev–Trinajstić information content (AvgIpc) is 2.49. The molecule has 1 N–H and O–H groups in total. The maximum Gasteiger partial charge on any atom is 0.268 e. The number of thioether (sulfide) groups is 1. The highest BCUT2D eigenvalue weighted by Crippen LogP contribution is 2.09. The number of aromatic nitrogens is 1. The molecule has 1 amide bonds. The maximum atomic E-state index is 13.0. The van der Waals surface area contributed by atoms with E-state index in [9.17, 15) is 14.0 Å². The van der Waals surface area contributed by atoms with E-state index >= 15 is 0 Å². The molecule has 0 bridgehead atoms. The summed E-state index contributed by atoms with van der Waals surface area (Å²) >= 11 is 1.61. The Morgan fingerprint density at radius 3 is 2.59 bits per heavy atom. The summed E-state index contributed by atoms with van der Waals surface area (Å²) in [6.07, 6.45) is 3.53. The first-order valence-electron chi connectivity index (χ1n) is 6.80. The summed E-state index contributed by atoms with van der Waals surface area (Å²) in [7, 11) is 0. The van der Waals surface area contributed by atoms with Crippen LogP contribution < -0.4 is 10.9 Å². The Balaban J connectivity index is 2.39. The molecule has 116 valence electrons. The molecule has 0 atom stereocenters. The molecule has 22 heavy (non-hydrogen) atoms. The van der Waals surface area contributed by atoms with E-state index in [2.05, 4.69) is 5.32 Å². The van der Waals surface area contributed by atoms with Crippen LogP contribution in [0.4, 0.5) is 4.39 Å². The first-order valence-corrected chi connectivity index (χ1v) is 8.19. The summed E-state index contributed by atoms with van der Waals surface area (Å²) in [6, 6.07) is 7.26. The van der Waals surface area contributed by atoms with Crippen molar-refractivity contribution in [2.45, 2.75) is 6.92 Å². The first-order chi connectivity index (χ1) is 10.5. The van der Waals surface area contributed by atoms with E-state index in [1.807, 2.05) is 6.26 Å². The van der Waals surface area contributed by atoms with Gasteiger partial charge in [-0.3, -0.25) is 14.2 Å². The summed E-state index contributed by atoms with van der Waals surface area (Å²) in [6.45, 7) is 2.23. The fourth-order valence-electron chi connectivity index (χ4n) is 2.06. The van der Waals surface area contributed by atoms with Gasteiger partial charge < -0.3 is 5.32 Å². The Morgan fingerprint density at radius 1 is 1.27 bits per heavy atom. The molecule has 2 rings (SSSR count). The molecule has 6 heteroatoms. The Bertz CT molecular complexity index is 726. The molecule has 0 aliphatic rings. The fourth-order valence-corrected chi connectivity index (χ4v) is 2.37. The smallest absolute Gasteiger partial charge is 0.268 e. The third kappa shape index (κ3) is 3.57. The van der Waals surface area contributed by atoms with Crippen LogP contribution in [-0.2, 0) is 0 Å². The van der Waals surface area contributed by atoms with Crippen LogP contribution >= 0.6 is 11.8 Å². The second-order valence-corrected chi connectivity index (χ2v) is 5.76. The SMILES string of the molecule is CSCCNC(=O)c1c(C)ccn(-c2ccc(F)cc2)c1=O. The number of hydrogen-bond acceptors (Lipinski definition) is 3. The molecule has 0 fully saturated rings. The van der Waals surface area contributed by atoms with Crippen LogP contribution in [0.3, 0.4) is 0 Å². The number of carbonyl (C=O) groups excluding carboxylic acids is 1. The molecule has 0 aliphatic heterocycles. The lowest BCUT2D eigenvalue weighted by molar-refractivity contribution is 0.0953. The monoisotopic (exact) mass is 320 g/mol. The van der Waals surface area contributed by atoms with Gasteiger partial charge in [-0.15, -0.1) is 0 Å². The van der Waals surface area contributed by atoms with Crippen molar-refractivity contribution < 1.29 is 9.18 Å². The van der Waals surface area contributed by atoms with Crippen LogP contribution in [0, 0.1) is 12.7 Å². The molecule has 1 heterocycles. The average molecular weight is 320 g/mol. The number of benzene rings is 1. The van der Waals surface area contributed by atoms with E-state index in [0.29, 0.717) is 17.8 Å². The van der Waals surface area contributed by atoms with Crippen LogP contribution in [0.15, 0.2) is 41.3 Å². The molecular weight excluding hydrogens is 303 g/mol. The Hall–Kier alpha value is -2.08. The van der Waals surface area contributed by atoms with Gasteiger partial charge in [0.15, 0.2) is 0 Å². The van der Waals surface area contributed by atoms with Gasteiger partial charge in [0.25, 0.3) is 11.5 Å². The Morgan fingerprint density at radius 2 is 1.95 bits per heavy atom. The molecule has 0 spiro atoms. The highest BCUT2D eigenvalue weighted by Gasteiger charge is 2.16. The third-order valence-corrected chi connectivity index (χ3v) is 3.84. The molecule has 1 aromatic heterocycles. The fraction of sp³-hybridized carbons (Fsp3) is 0.250. The molecule has 2 aromatic rings. The summed E-state index contributed by atoms with van der Waals surface area (Å²) < 4.78 is 14.3. The van der Waals surface area contributed by atoms with Gasteiger partial charge in [-0.25, -0.2) is 4.39 Å². The number of aryl methyl sites for hydroxylation is 1. The van der Waals surface area contributed by atoms with Gasteiger partial charge in [0, 0.05) is 24.2 Å². The first kappa shape index (κ1) is 16.3. The van der Waals surface area contributed by atoms with Crippen molar-refractivity contribution >= 4 is 17.7 Å². The second-order valence-electron chi connectivity index (χ2n) is 4.77. The Labute approximate surface area is 132 Å². The minimum absolute atomic E-state index is 0.118. The largest absolute Gasteiger partial charge is 0.351 e. The van der Waals surface area contributed by atoms with Crippen molar-refractivity contribution in [1.29, 1.82) is 0 Å². The predicted octanol–water partition coefficient (Wildman–Crippen LogP) is 2.38. The molecule has 4 nitrogen and oxygen atoms in total. The van der Waals surface area contributed by atoms with E-state index in [0.717, 1.165) is 5.75 Å². The van der Waals surface area contributed by atoms with Gasteiger partial charge in [-0.2, -0.15) is 11.8 Å². The van der Waals surface area contributed by atoms with Crippen LogP contribution in [0.5, 0.6) is 0 Å². The molecule has 0 radical (unpaired) electrons. The third-order valence-electron chi connectivity index (χ3n) is 3.22. The molecule has 0 saturated heterocycles. The van der Waals surface area contributed by atoms with Gasteiger partial charge in [-0.1, -0.05) is 0 Å². The number of hydrogen-bond donors (Lipinski definition) is 1. The van der Waals surface area contributed by atoms with E-state index in [1.54, 1.807) is 30.9 Å². The van der Waals surface area contributed by atoms with Crippen LogP contribution in [-0.4, -0.2) is 29.0 Å². The molecule has 0 saturated carbocycles. The van der Waals surface area contributed by atoms with E-state index in [4.69, 9.17) is 0 Å². The minimum atomic E-state index is -0.409. The Kier molecular flexibility index (Phi) is 5.38. The van der Waals surface area contributed by atoms with Crippen LogP contribution in [0.2, 0.25) is 0 Å². The van der Waals surface area contributed by atoms with Crippen molar-refractivity contribution in [1.82, 2.24) is 9.88 Å². The van der Waals surface area contributed by atoms with E-state index in [-0.39, 0.29) is 17.3 Å². The summed E-state index contributed by atoms with van der Waals surface area (Å²) in [5.74, 6) is 0.0241.